The number of piperidine rings is 1. The highest BCUT2D eigenvalue weighted by Gasteiger charge is 2.34. The lowest BCUT2D eigenvalue weighted by Crippen LogP contribution is -2.49. The van der Waals surface area contributed by atoms with E-state index in [-0.39, 0.29) is 5.41 Å². The molecule has 2 aliphatic rings. The Bertz CT molecular complexity index is 371. The Balaban J connectivity index is 1.83. The van der Waals surface area contributed by atoms with Gasteiger partial charge in [0.05, 0.1) is 0 Å². The summed E-state index contributed by atoms with van der Waals surface area (Å²) in [6.45, 7) is 4.60. The monoisotopic (exact) mass is 275 g/mol. The molecular weight excluding hydrogens is 250 g/mol. The van der Waals surface area contributed by atoms with Crippen molar-refractivity contribution in [3.63, 3.8) is 0 Å². The van der Waals surface area contributed by atoms with E-state index in [0.717, 1.165) is 25.7 Å². The summed E-state index contributed by atoms with van der Waals surface area (Å²) in [5.41, 5.74) is 5.80. The predicted molar refractivity (Wildman–Crippen MR) is 72.2 cm³/mol. The average Bonchev–Trinajstić information content (AvgIpc) is 2.34. The lowest BCUT2D eigenvalue weighted by Gasteiger charge is -2.39. The molecule has 0 aromatic carbocycles. The number of nitrogens with one attached hydrogen (secondary N) is 1. The summed E-state index contributed by atoms with van der Waals surface area (Å²) in [7, 11) is -3.28. The molecule has 0 unspecified atom stereocenters. The second-order valence-electron chi connectivity index (χ2n) is 6.07. The highest BCUT2D eigenvalue weighted by molar-refractivity contribution is 7.87. The number of hydrogen-bond acceptors (Lipinski definition) is 3. The van der Waals surface area contributed by atoms with E-state index in [1.54, 1.807) is 4.31 Å². The summed E-state index contributed by atoms with van der Waals surface area (Å²) in [4.78, 5) is 0. The maximum Gasteiger partial charge on any atom is 0.279 e. The molecule has 0 bridgehead atoms. The first-order valence-electron chi connectivity index (χ1n) is 6.90. The zero-order chi connectivity index (χ0) is 13.2. The van der Waals surface area contributed by atoms with E-state index >= 15 is 0 Å². The van der Waals surface area contributed by atoms with Gasteiger partial charge in [0.25, 0.3) is 10.2 Å². The van der Waals surface area contributed by atoms with Gasteiger partial charge in [0, 0.05) is 19.6 Å². The minimum atomic E-state index is -3.28. The molecule has 106 valence electrons. The lowest BCUT2D eigenvalue weighted by atomic mass is 9.71. The van der Waals surface area contributed by atoms with Gasteiger partial charge in [-0.25, -0.2) is 4.72 Å². The maximum absolute atomic E-state index is 12.2. The summed E-state index contributed by atoms with van der Waals surface area (Å²) in [6.07, 6.45) is 5.25. The number of nitrogens with zero attached hydrogens (tertiary/aromatic N) is 1. The Hall–Kier alpha value is -0.170. The molecule has 6 heteroatoms. The molecule has 0 radical (unpaired) electrons. The van der Waals surface area contributed by atoms with E-state index in [2.05, 4.69) is 11.6 Å². The zero-order valence-electron chi connectivity index (χ0n) is 11.2. The van der Waals surface area contributed by atoms with Crippen LogP contribution in [0.3, 0.4) is 0 Å². The Labute approximate surface area is 110 Å². The van der Waals surface area contributed by atoms with Crippen LogP contribution < -0.4 is 10.5 Å². The highest BCUT2D eigenvalue weighted by Crippen LogP contribution is 2.39. The van der Waals surface area contributed by atoms with Crippen molar-refractivity contribution in [1.82, 2.24) is 9.03 Å². The third-order valence-corrected chi connectivity index (χ3v) is 6.04. The summed E-state index contributed by atoms with van der Waals surface area (Å²) in [6, 6.07) is 0. The van der Waals surface area contributed by atoms with E-state index in [0.29, 0.717) is 32.1 Å². The van der Waals surface area contributed by atoms with Crippen molar-refractivity contribution in [2.24, 2.45) is 17.1 Å². The van der Waals surface area contributed by atoms with E-state index in [1.165, 1.54) is 6.42 Å². The quantitative estimate of drug-likeness (QED) is 0.775. The van der Waals surface area contributed by atoms with E-state index < -0.39 is 10.2 Å². The molecule has 1 saturated heterocycles. The largest absolute Gasteiger partial charge is 0.330 e. The van der Waals surface area contributed by atoms with Crippen LogP contribution in [0.4, 0.5) is 0 Å². The molecule has 1 saturated carbocycles. The van der Waals surface area contributed by atoms with Gasteiger partial charge in [0.2, 0.25) is 0 Å². The molecule has 0 aromatic rings. The molecule has 3 N–H and O–H groups in total. The van der Waals surface area contributed by atoms with Gasteiger partial charge in [-0.15, -0.1) is 0 Å². The van der Waals surface area contributed by atoms with Crippen LogP contribution in [-0.4, -0.2) is 38.9 Å². The predicted octanol–water partition coefficient (Wildman–Crippen LogP) is 0.682. The van der Waals surface area contributed by atoms with Gasteiger partial charge in [-0.3, -0.25) is 0 Å². The standard InChI is InChI=1S/C12H25N3O2S/c1-12(5-2-6-12)10-14-18(16,17)15-7-3-11(9-13)4-8-15/h11,14H,2-10,13H2,1H3. The zero-order valence-corrected chi connectivity index (χ0v) is 12.0. The molecule has 1 aliphatic heterocycles. The van der Waals surface area contributed by atoms with Crippen LogP contribution in [0.1, 0.15) is 39.0 Å². The summed E-state index contributed by atoms with van der Waals surface area (Å²) < 4.78 is 28.6. The first-order chi connectivity index (χ1) is 8.45. The minimum Gasteiger partial charge on any atom is -0.330 e. The second kappa shape index (κ2) is 5.45. The van der Waals surface area contributed by atoms with Gasteiger partial charge in [0.15, 0.2) is 0 Å². The number of rotatable bonds is 5. The van der Waals surface area contributed by atoms with Crippen LogP contribution in [0.25, 0.3) is 0 Å². The maximum atomic E-state index is 12.2. The number of hydrogen-bond donors (Lipinski definition) is 2. The molecule has 2 rings (SSSR count). The van der Waals surface area contributed by atoms with Gasteiger partial charge >= 0.3 is 0 Å². The van der Waals surface area contributed by atoms with Crippen molar-refractivity contribution in [3.8, 4) is 0 Å². The van der Waals surface area contributed by atoms with Gasteiger partial charge in [-0.1, -0.05) is 13.3 Å². The highest BCUT2D eigenvalue weighted by atomic mass is 32.2. The van der Waals surface area contributed by atoms with Crippen LogP contribution in [0, 0.1) is 11.3 Å². The molecule has 1 heterocycles. The van der Waals surface area contributed by atoms with E-state index in [4.69, 9.17) is 5.73 Å². The van der Waals surface area contributed by atoms with Crippen LogP contribution in [0.5, 0.6) is 0 Å². The summed E-state index contributed by atoms with van der Waals surface area (Å²) in [5, 5.41) is 0. The third kappa shape index (κ3) is 3.23. The SMILES string of the molecule is CC1(CNS(=O)(=O)N2CCC(CN)CC2)CCC1. The number of nitrogens with two attached hydrogens (primary N) is 1. The fourth-order valence-corrected chi connectivity index (χ4v) is 4.10. The minimum absolute atomic E-state index is 0.183. The molecule has 5 nitrogen and oxygen atoms in total. The van der Waals surface area contributed by atoms with Gasteiger partial charge < -0.3 is 5.73 Å². The van der Waals surface area contributed by atoms with Crippen LogP contribution in [0.2, 0.25) is 0 Å². The van der Waals surface area contributed by atoms with Crippen molar-refractivity contribution >= 4 is 10.2 Å². The Morgan fingerprint density at radius 3 is 2.39 bits per heavy atom. The van der Waals surface area contributed by atoms with Crippen LogP contribution in [0.15, 0.2) is 0 Å². The van der Waals surface area contributed by atoms with Crippen molar-refractivity contribution in [2.75, 3.05) is 26.2 Å². The van der Waals surface area contributed by atoms with Gasteiger partial charge in [-0.2, -0.15) is 12.7 Å². The average molecular weight is 275 g/mol. The normalized spacial score (nSPS) is 25.9. The molecule has 0 amide bonds. The third-order valence-electron chi connectivity index (χ3n) is 4.49. The topological polar surface area (TPSA) is 75.4 Å². The van der Waals surface area contributed by atoms with Crippen LogP contribution in [-0.2, 0) is 10.2 Å². The van der Waals surface area contributed by atoms with Crippen molar-refractivity contribution < 1.29 is 8.42 Å². The molecular formula is C12H25N3O2S. The second-order valence-corrected chi connectivity index (χ2v) is 7.82. The fraction of sp³-hybridized carbons (Fsp3) is 1.00. The molecule has 18 heavy (non-hydrogen) atoms. The fourth-order valence-electron chi connectivity index (χ4n) is 2.70. The van der Waals surface area contributed by atoms with E-state index in [9.17, 15) is 8.42 Å². The van der Waals surface area contributed by atoms with Gasteiger partial charge in [-0.05, 0) is 43.6 Å². The Kier molecular flexibility index (Phi) is 4.31. The van der Waals surface area contributed by atoms with Crippen molar-refractivity contribution in [1.29, 1.82) is 0 Å². The molecule has 0 aromatic heterocycles. The van der Waals surface area contributed by atoms with Crippen LogP contribution >= 0.6 is 0 Å². The summed E-state index contributed by atoms with van der Waals surface area (Å²) >= 11 is 0. The molecule has 1 aliphatic carbocycles. The molecule has 0 atom stereocenters. The summed E-state index contributed by atoms with van der Waals surface area (Å²) in [5.74, 6) is 0.487. The lowest BCUT2D eigenvalue weighted by molar-refractivity contribution is 0.164. The van der Waals surface area contributed by atoms with Gasteiger partial charge in [0.1, 0.15) is 0 Å². The first kappa shape index (κ1) is 14.2. The van der Waals surface area contributed by atoms with Crippen molar-refractivity contribution in [3.05, 3.63) is 0 Å². The first-order valence-corrected chi connectivity index (χ1v) is 8.34. The van der Waals surface area contributed by atoms with Crippen molar-refractivity contribution in [2.45, 2.75) is 39.0 Å². The Morgan fingerprint density at radius 2 is 1.94 bits per heavy atom. The molecule has 2 fully saturated rings. The molecule has 0 spiro atoms. The Morgan fingerprint density at radius 1 is 1.33 bits per heavy atom. The van der Waals surface area contributed by atoms with E-state index in [1.807, 2.05) is 0 Å². The smallest absolute Gasteiger partial charge is 0.279 e.